The van der Waals surface area contributed by atoms with Gasteiger partial charge in [0.1, 0.15) is 0 Å². The van der Waals surface area contributed by atoms with E-state index in [4.69, 9.17) is 0 Å². The molecule has 1 nitrogen and oxygen atoms in total. The number of hydrogen-bond acceptors (Lipinski definition) is 2. The third kappa shape index (κ3) is 4.53. The van der Waals surface area contributed by atoms with Crippen LogP contribution in [-0.4, -0.2) is 12.3 Å². The first-order valence-corrected chi connectivity index (χ1v) is 9.35. The summed E-state index contributed by atoms with van der Waals surface area (Å²) < 4.78 is 0. The molecule has 2 rings (SSSR count). The van der Waals surface area contributed by atoms with Gasteiger partial charge in [-0.15, -0.1) is 11.8 Å². The molecule has 0 aliphatic heterocycles. The van der Waals surface area contributed by atoms with E-state index in [9.17, 15) is 0 Å². The van der Waals surface area contributed by atoms with Gasteiger partial charge in [-0.25, -0.2) is 0 Å². The van der Waals surface area contributed by atoms with E-state index in [0.29, 0.717) is 6.04 Å². The Hall–Kier alpha value is -0.470. The molecule has 0 amide bonds. The van der Waals surface area contributed by atoms with E-state index < -0.39 is 0 Å². The Bertz CT molecular complexity index is 379. The third-order valence-electron chi connectivity index (χ3n) is 4.65. The van der Waals surface area contributed by atoms with E-state index in [1.54, 1.807) is 0 Å². The molecule has 1 N–H and O–H groups in total. The molecule has 112 valence electrons. The number of thioether (sulfide) groups is 1. The van der Waals surface area contributed by atoms with Gasteiger partial charge in [0.25, 0.3) is 0 Å². The van der Waals surface area contributed by atoms with E-state index in [2.05, 4.69) is 49.7 Å². The molecule has 1 aliphatic rings. The fraction of sp³-hybridized carbons (Fsp3) is 0.667. The van der Waals surface area contributed by atoms with Crippen molar-refractivity contribution in [2.75, 3.05) is 6.26 Å². The number of hydrogen-bond donors (Lipinski definition) is 1. The first kappa shape index (κ1) is 15.9. The molecule has 1 aromatic rings. The molecular formula is C18H29NS. The Morgan fingerprint density at radius 1 is 1.15 bits per heavy atom. The van der Waals surface area contributed by atoms with Crippen LogP contribution in [-0.2, 0) is 0 Å². The summed E-state index contributed by atoms with van der Waals surface area (Å²) in [6.07, 6.45) is 10.5. The second-order valence-corrected chi connectivity index (χ2v) is 7.05. The molecule has 0 radical (unpaired) electrons. The van der Waals surface area contributed by atoms with Crippen molar-refractivity contribution >= 4 is 11.8 Å². The normalized spacial score (nSPS) is 24.6. The molecule has 1 unspecified atom stereocenters. The highest BCUT2D eigenvalue weighted by molar-refractivity contribution is 7.98. The van der Waals surface area contributed by atoms with Gasteiger partial charge < -0.3 is 5.32 Å². The van der Waals surface area contributed by atoms with Crippen LogP contribution >= 0.6 is 11.8 Å². The van der Waals surface area contributed by atoms with Crippen LogP contribution in [0.4, 0.5) is 0 Å². The van der Waals surface area contributed by atoms with Gasteiger partial charge >= 0.3 is 0 Å². The number of rotatable bonds is 6. The minimum Gasteiger partial charge on any atom is -0.307 e. The highest BCUT2D eigenvalue weighted by Crippen LogP contribution is 2.29. The first-order chi connectivity index (χ1) is 9.72. The summed E-state index contributed by atoms with van der Waals surface area (Å²) in [5, 5.41) is 3.83. The van der Waals surface area contributed by atoms with Gasteiger partial charge in [0.2, 0.25) is 0 Å². The van der Waals surface area contributed by atoms with Crippen molar-refractivity contribution in [3.05, 3.63) is 29.8 Å². The van der Waals surface area contributed by atoms with Gasteiger partial charge in [0, 0.05) is 17.0 Å². The summed E-state index contributed by atoms with van der Waals surface area (Å²) in [4.78, 5) is 1.35. The van der Waals surface area contributed by atoms with E-state index in [1.165, 1.54) is 49.0 Å². The molecule has 20 heavy (non-hydrogen) atoms. The molecule has 1 atom stereocenters. The molecule has 1 aromatic carbocycles. The van der Waals surface area contributed by atoms with Gasteiger partial charge in [-0.3, -0.25) is 0 Å². The van der Waals surface area contributed by atoms with Gasteiger partial charge in [-0.2, -0.15) is 0 Å². The lowest BCUT2D eigenvalue weighted by atomic mass is 9.83. The van der Waals surface area contributed by atoms with Crippen LogP contribution in [0.5, 0.6) is 0 Å². The maximum absolute atomic E-state index is 3.83. The summed E-state index contributed by atoms with van der Waals surface area (Å²) in [6, 6.07) is 10.2. The van der Waals surface area contributed by atoms with Crippen LogP contribution < -0.4 is 5.32 Å². The molecule has 0 aromatic heterocycles. The molecule has 1 fully saturated rings. The predicted octanol–water partition coefficient (Wildman–Crippen LogP) is 5.42. The van der Waals surface area contributed by atoms with Gasteiger partial charge in [0.05, 0.1) is 0 Å². The smallest absolute Gasteiger partial charge is 0.0294 e. The van der Waals surface area contributed by atoms with E-state index in [0.717, 1.165) is 12.0 Å². The quantitative estimate of drug-likeness (QED) is 0.702. The molecule has 1 aliphatic carbocycles. The Labute approximate surface area is 128 Å². The lowest BCUT2D eigenvalue weighted by molar-refractivity contribution is 0.266. The Morgan fingerprint density at radius 3 is 2.35 bits per heavy atom. The maximum atomic E-state index is 3.83. The number of nitrogens with one attached hydrogen (secondary N) is 1. The molecule has 0 spiro atoms. The summed E-state index contributed by atoms with van der Waals surface area (Å²) in [5.74, 6) is 0.995. The Kier molecular flexibility index (Phi) is 6.44. The molecule has 0 saturated heterocycles. The van der Waals surface area contributed by atoms with Crippen molar-refractivity contribution in [2.45, 2.75) is 69.4 Å². The van der Waals surface area contributed by atoms with Gasteiger partial charge in [-0.05, 0) is 62.5 Å². The molecular weight excluding hydrogens is 262 g/mol. The minimum absolute atomic E-state index is 0.471. The largest absolute Gasteiger partial charge is 0.307 e. The summed E-state index contributed by atoms with van der Waals surface area (Å²) in [6.45, 7) is 4.61. The second kappa shape index (κ2) is 8.09. The van der Waals surface area contributed by atoms with Crippen molar-refractivity contribution in [1.82, 2.24) is 5.32 Å². The van der Waals surface area contributed by atoms with Crippen LogP contribution in [0.3, 0.4) is 0 Å². The lowest BCUT2D eigenvalue weighted by Gasteiger charge is -2.31. The molecule has 1 saturated carbocycles. The van der Waals surface area contributed by atoms with Crippen LogP contribution in [0.1, 0.15) is 64.0 Å². The van der Waals surface area contributed by atoms with Crippen LogP contribution in [0.15, 0.2) is 29.2 Å². The Morgan fingerprint density at radius 2 is 1.80 bits per heavy atom. The highest BCUT2D eigenvalue weighted by Gasteiger charge is 2.21. The highest BCUT2D eigenvalue weighted by atomic mass is 32.2. The average Bonchev–Trinajstić information content (AvgIpc) is 2.49. The van der Waals surface area contributed by atoms with E-state index >= 15 is 0 Å². The van der Waals surface area contributed by atoms with Crippen molar-refractivity contribution in [1.29, 1.82) is 0 Å². The minimum atomic E-state index is 0.471. The molecule has 2 heteroatoms. The van der Waals surface area contributed by atoms with Crippen molar-refractivity contribution in [2.24, 2.45) is 5.92 Å². The number of benzene rings is 1. The predicted molar refractivity (Wildman–Crippen MR) is 90.4 cm³/mol. The standard InChI is InChI=1S/C18H29NS/c1-4-5-15-6-10-17(11-7-15)19-14(2)16-8-12-18(20-3)13-9-16/h8-9,12-15,17,19H,4-7,10-11H2,1-3H3. The summed E-state index contributed by atoms with van der Waals surface area (Å²) >= 11 is 1.81. The zero-order valence-electron chi connectivity index (χ0n) is 13.2. The molecule has 0 bridgehead atoms. The van der Waals surface area contributed by atoms with E-state index in [-0.39, 0.29) is 0 Å². The summed E-state index contributed by atoms with van der Waals surface area (Å²) in [7, 11) is 0. The SMILES string of the molecule is CCCC1CCC(NC(C)c2ccc(SC)cc2)CC1. The van der Waals surface area contributed by atoms with Crippen molar-refractivity contribution in [3.8, 4) is 0 Å². The molecule has 0 heterocycles. The third-order valence-corrected chi connectivity index (χ3v) is 5.39. The fourth-order valence-electron chi connectivity index (χ4n) is 3.37. The van der Waals surface area contributed by atoms with E-state index in [1.807, 2.05) is 11.8 Å². The Balaban J connectivity index is 1.81. The van der Waals surface area contributed by atoms with Gasteiger partial charge in [-0.1, -0.05) is 31.9 Å². The van der Waals surface area contributed by atoms with Crippen molar-refractivity contribution < 1.29 is 0 Å². The van der Waals surface area contributed by atoms with Crippen molar-refractivity contribution in [3.63, 3.8) is 0 Å². The maximum Gasteiger partial charge on any atom is 0.0294 e. The topological polar surface area (TPSA) is 12.0 Å². The average molecular weight is 292 g/mol. The van der Waals surface area contributed by atoms with Gasteiger partial charge in [0.15, 0.2) is 0 Å². The van der Waals surface area contributed by atoms with Crippen LogP contribution in [0.25, 0.3) is 0 Å². The summed E-state index contributed by atoms with van der Waals surface area (Å²) in [5.41, 5.74) is 1.42. The van der Waals surface area contributed by atoms with Crippen LogP contribution in [0.2, 0.25) is 0 Å². The fourth-order valence-corrected chi connectivity index (χ4v) is 3.78. The first-order valence-electron chi connectivity index (χ1n) is 8.13. The zero-order valence-corrected chi connectivity index (χ0v) is 14.0. The van der Waals surface area contributed by atoms with Crippen LogP contribution in [0, 0.1) is 5.92 Å². The zero-order chi connectivity index (χ0) is 14.4. The lowest BCUT2D eigenvalue weighted by Crippen LogP contribution is -2.35. The monoisotopic (exact) mass is 291 g/mol. The second-order valence-electron chi connectivity index (χ2n) is 6.17.